The average molecular weight is 419 g/mol. The highest BCUT2D eigenvalue weighted by Gasteiger charge is 2.25. The van der Waals surface area contributed by atoms with Crippen molar-refractivity contribution in [1.82, 2.24) is 4.57 Å². The maximum atomic E-state index is 13.5. The molecule has 3 nitrogen and oxygen atoms in total. The molecule has 1 aliphatic carbocycles. The predicted molar refractivity (Wildman–Crippen MR) is 122 cm³/mol. The van der Waals surface area contributed by atoms with Gasteiger partial charge in [0.05, 0.1) is 11.8 Å². The second kappa shape index (κ2) is 7.55. The minimum Gasteiger partial charge on any atom is -0.318 e. The van der Waals surface area contributed by atoms with Crippen LogP contribution in [-0.4, -0.2) is 15.5 Å². The molecular weight excluding hydrogens is 395 g/mol. The second-order valence-corrected chi connectivity index (χ2v) is 9.43. The van der Waals surface area contributed by atoms with Crippen molar-refractivity contribution in [3.05, 3.63) is 93.2 Å². The summed E-state index contributed by atoms with van der Waals surface area (Å²) in [7, 11) is 1.78. The van der Waals surface area contributed by atoms with Gasteiger partial charge in [-0.2, -0.15) is 11.8 Å². The lowest BCUT2D eigenvalue weighted by molar-refractivity contribution is 0.628. The molecule has 3 aromatic rings. The Bertz CT molecular complexity index is 1210. The van der Waals surface area contributed by atoms with E-state index in [1.54, 1.807) is 29.8 Å². The highest BCUT2D eigenvalue weighted by atomic mass is 32.2. The fraction of sp³-hybridized carbons (Fsp3) is 0.280. The molecule has 30 heavy (non-hydrogen) atoms. The summed E-state index contributed by atoms with van der Waals surface area (Å²) >= 11 is 2.01. The molecule has 0 saturated heterocycles. The van der Waals surface area contributed by atoms with Crippen molar-refractivity contribution in [3.63, 3.8) is 0 Å². The number of hydrogen-bond donors (Lipinski definition) is 0. The highest BCUT2D eigenvalue weighted by molar-refractivity contribution is 7.99. The first-order valence-corrected chi connectivity index (χ1v) is 11.3. The van der Waals surface area contributed by atoms with Crippen molar-refractivity contribution < 1.29 is 4.39 Å². The minimum atomic E-state index is -0.264. The highest BCUT2D eigenvalue weighted by Crippen LogP contribution is 2.39. The zero-order valence-electron chi connectivity index (χ0n) is 17.1. The molecule has 0 N–H and O–H groups in total. The van der Waals surface area contributed by atoms with Crippen LogP contribution < -0.4 is 5.56 Å². The van der Waals surface area contributed by atoms with Gasteiger partial charge in [-0.15, -0.1) is 0 Å². The van der Waals surface area contributed by atoms with Crippen LogP contribution in [0.4, 0.5) is 4.39 Å². The lowest BCUT2D eigenvalue weighted by atomic mass is 9.91. The van der Waals surface area contributed by atoms with Crippen LogP contribution in [-0.2, 0) is 12.8 Å². The van der Waals surface area contributed by atoms with Crippen LogP contribution in [0.3, 0.4) is 0 Å². The SMILES string of the molecule is C[C@@H]1N=C(c2ccc(F)cc2)c2ccc(CSC3CC3)cc2-c2cn(C)c(=O)cc21. The van der Waals surface area contributed by atoms with Gasteiger partial charge in [0.1, 0.15) is 5.82 Å². The average Bonchev–Trinajstić information content (AvgIpc) is 3.57. The van der Waals surface area contributed by atoms with Crippen molar-refractivity contribution in [3.8, 4) is 11.1 Å². The van der Waals surface area contributed by atoms with E-state index in [2.05, 4.69) is 18.2 Å². The molecule has 1 aliphatic heterocycles. The molecule has 5 rings (SSSR count). The van der Waals surface area contributed by atoms with Gasteiger partial charge in [-0.3, -0.25) is 9.79 Å². The Morgan fingerprint density at radius 1 is 1.07 bits per heavy atom. The second-order valence-electron chi connectivity index (χ2n) is 8.14. The quantitative estimate of drug-likeness (QED) is 0.561. The third-order valence-corrected chi connectivity index (χ3v) is 7.23. The van der Waals surface area contributed by atoms with Crippen molar-refractivity contribution in [1.29, 1.82) is 0 Å². The number of nitrogens with zero attached hydrogens (tertiary/aromatic N) is 2. The number of fused-ring (bicyclic) bond motifs is 3. The number of rotatable bonds is 4. The molecule has 2 aromatic carbocycles. The summed E-state index contributed by atoms with van der Waals surface area (Å²) in [6.07, 6.45) is 4.56. The van der Waals surface area contributed by atoms with Crippen LogP contribution in [0.1, 0.15) is 48.1 Å². The van der Waals surface area contributed by atoms with Crippen molar-refractivity contribution in [2.24, 2.45) is 12.0 Å². The van der Waals surface area contributed by atoms with Crippen molar-refractivity contribution in [2.75, 3.05) is 0 Å². The van der Waals surface area contributed by atoms with E-state index in [1.807, 2.05) is 24.9 Å². The van der Waals surface area contributed by atoms with E-state index >= 15 is 0 Å². The van der Waals surface area contributed by atoms with E-state index < -0.39 is 0 Å². The Morgan fingerprint density at radius 2 is 1.83 bits per heavy atom. The van der Waals surface area contributed by atoms with Crippen molar-refractivity contribution in [2.45, 2.75) is 36.8 Å². The first kappa shape index (κ1) is 19.3. The van der Waals surface area contributed by atoms with Crippen LogP contribution >= 0.6 is 11.8 Å². The Hall–Kier alpha value is -2.66. The van der Waals surface area contributed by atoms with Crippen LogP contribution in [0.25, 0.3) is 11.1 Å². The molecule has 0 amide bonds. The summed E-state index contributed by atoms with van der Waals surface area (Å²) in [5.41, 5.74) is 7.03. The number of thioether (sulfide) groups is 1. The Kier molecular flexibility index (Phi) is 4.86. The molecule has 5 heteroatoms. The van der Waals surface area contributed by atoms with Gasteiger partial charge in [-0.05, 0) is 66.8 Å². The molecule has 1 atom stereocenters. The van der Waals surface area contributed by atoms with Gasteiger partial charge in [0.25, 0.3) is 5.56 Å². The molecule has 0 spiro atoms. The van der Waals surface area contributed by atoms with E-state index in [4.69, 9.17) is 4.99 Å². The number of pyridine rings is 1. The summed E-state index contributed by atoms with van der Waals surface area (Å²) in [6.45, 7) is 2.01. The summed E-state index contributed by atoms with van der Waals surface area (Å²) in [5.74, 6) is 0.720. The standard InChI is InChI=1S/C25H23FN2OS/c1-15-21-12-24(29)28(2)13-23(21)22-11-16(14-30-19-8-9-19)3-10-20(22)25(27-15)17-4-6-18(26)7-5-17/h3-7,10-13,15,19H,8-9,14H2,1-2H3/t15-/m0/s1. The Labute approximate surface area is 179 Å². The molecule has 2 heterocycles. The minimum absolute atomic E-state index is 0.0389. The van der Waals surface area contributed by atoms with Gasteiger partial charge in [-0.25, -0.2) is 4.39 Å². The zero-order valence-corrected chi connectivity index (χ0v) is 17.9. The van der Waals surface area contributed by atoms with Crippen LogP contribution in [0.15, 0.2) is 64.5 Å². The lowest BCUT2D eigenvalue weighted by Gasteiger charge is -2.15. The molecule has 2 aliphatic rings. The fourth-order valence-corrected chi connectivity index (χ4v) is 5.02. The number of aromatic nitrogens is 1. The Balaban J connectivity index is 1.70. The smallest absolute Gasteiger partial charge is 0.250 e. The van der Waals surface area contributed by atoms with E-state index in [9.17, 15) is 9.18 Å². The largest absolute Gasteiger partial charge is 0.318 e. The molecule has 0 unspecified atom stereocenters. The van der Waals surface area contributed by atoms with Gasteiger partial charge < -0.3 is 4.57 Å². The fourth-order valence-electron chi connectivity index (χ4n) is 3.94. The molecule has 1 aromatic heterocycles. The van der Waals surface area contributed by atoms with E-state index in [1.165, 1.54) is 30.5 Å². The third kappa shape index (κ3) is 3.63. The van der Waals surface area contributed by atoms with Gasteiger partial charge in [0.15, 0.2) is 0 Å². The maximum absolute atomic E-state index is 13.5. The summed E-state index contributed by atoms with van der Waals surface area (Å²) < 4.78 is 15.2. The first-order chi connectivity index (χ1) is 14.5. The van der Waals surface area contributed by atoms with Gasteiger partial charge in [0, 0.05) is 47.0 Å². The van der Waals surface area contributed by atoms with Crippen LogP contribution in [0, 0.1) is 5.82 Å². The maximum Gasteiger partial charge on any atom is 0.250 e. The first-order valence-electron chi connectivity index (χ1n) is 10.3. The molecule has 152 valence electrons. The molecule has 0 radical (unpaired) electrons. The Morgan fingerprint density at radius 3 is 2.57 bits per heavy atom. The molecule has 0 bridgehead atoms. The summed E-state index contributed by atoms with van der Waals surface area (Å²) in [6, 6.07) is 14.6. The number of hydrogen-bond acceptors (Lipinski definition) is 3. The molecule has 1 fully saturated rings. The van der Waals surface area contributed by atoms with Crippen LogP contribution in [0.2, 0.25) is 0 Å². The van der Waals surface area contributed by atoms with E-state index in [0.717, 1.165) is 44.5 Å². The summed E-state index contributed by atoms with van der Waals surface area (Å²) in [5, 5.41) is 0.799. The zero-order chi connectivity index (χ0) is 20.8. The number of aryl methyl sites for hydroxylation is 1. The van der Waals surface area contributed by atoms with Gasteiger partial charge >= 0.3 is 0 Å². The van der Waals surface area contributed by atoms with E-state index in [-0.39, 0.29) is 17.4 Å². The molecular formula is C25H23FN2OS. The normalized spacial score (nSPS) is 17.7. The molecule has 1 saturated carbocycles. The predicted octanol–water partition coefficient (Wildman–Crippen LogP) is 5.50. The van der Waals surface area contributed by atoms with Crippen molar-refractivity contribution >= 4 is 17.5 Å². The number of halogens is 1. The summed E-state index contributed by atoms with van der Waals surface area (Å²) in [4.78, 5) is 17.4. The van der Waals surface area contributed by atoms with Gasteiger partial charge in [-0.1, -0.05) is 12.1 Å². The number of aliphatic imine (C=N–C) groups is 1. The lowest BCUT2D eigenvalue weighted by Crippen LogP contribution is -2.17. The van der Waals surface area contributed by atoms with E-state index in [0.29, 0.717) is 0 Å². The third-order valence-electron chi connectivity index (χ3n) is 5.79. The monoisotopic (exact) mass is 418 g/mol. The van der Waals surface area contributed by atoms with Crippen LogP contribution in [0.5, 0.6) is 0 Å². The van der Waals surface area contributed by atoms with Gasteiger partial charge in [0.2, 0.25) is 0 Å². The number of benzene rings is 2. The topological polar surface area (TPSA) is 34.4 Å².